The molecule has 1 aliphatic rings. The van der Waals surface area contributed by atoms with E-state index in [4.69, 9.17) is 0 Å². The van der Waals surface area contributed by atoms with E-state index in [9.17, 15) is 4.39 Å². The molecule has 6 nitrogen and oxygen atoms in total. The van der Waals surface area contributed by atoms with Crippen LogP contribution in [-0.4, -0.2) is 31.3 Å². The number of nitrogens with one attached hydrogen (secondary N) is 1. The number of aryl methyl sites for hydroxylation is 1. The fraction of sp³-hybridized carbons (Fsp3) is 0.235. The second-order valence-electron chi connectivity index (χ2n) is 6.15. The van der Waals surface area contributed by atoms with Crippen LogP contribution in [0, 0.1) is 5.82 Å². The number of benzene rings is 1. The zero-order valence-corrected chi connectivity index (χ0v) is 13.1. The average molecular weight is 322 g/mol. The maximum Gasteiger partial charge on any atom is 0.163 e. The molecule has 1 N–H and O–H groups in total. The van der Waals surface area contributed by atoms with Gasteiger partial charge in [-0.15, -0.1) is 0 Å². The van der Waals surface area contributed by atoms with Gasteiger partial charge in [0.1, 0.15) is 18.0 Å². The molecule has 0 saturated carbocycles. The first kappa shape index (κ1) is 13.5. The number of anilines is 1. The van der Waals surface area contributed by atoms with Crippen LogP contribution in [0.25, 0.3) is 21.9 Å². The van der Waals surface area contributed by atoms with Gasteiger partial charge in [-0.05, 0) is 18.2 Å². The Morgan fingerprint density at radius 1 is 1.21 bits per heavy atom. The summed E-state index contributed by atoms with van der Waals surface area (Å²) in [5, 5.41) is 6.17. The van der Waals surface area contributed by atoms with Crippen molar-refractivity contribution in [3.05, 3.63) is 47.8 Å². The zero-order chi connectivity index (χ0) is 16.3. The van der Waals surface area contributed by atoms with Gasteiger partial charge in [0.05, 0.1) is 11.6 Å². The van der Waals surface area contributed by atoms with E-state index in [1.807, 2.05) is 7.05 Å². The van der Waals surface area contributed by atoms with Crippen molar-refractivity contribution in [1.82, 2.24) is 24.7 Å². The quantitative estimate of drug-likeness (QED) is 0.585. The number of halogens is 1. The largest absolute Gasteiger partial charge is 0.358 e. The van der Waals surface area contributed by atoms with Gasteiger partial charge in [0.25, 0.3) is 0 Å². The van der Waals surface area contributed by atoms with Gasteiger partial charge in [-0.25, -0.2) is 14.4 Å². The number of fused-ring (bicyclic) bond motifs is 4. The molecule has 5 rings (SSSR count). The number of H-pyrrole nitrogens is 1. The molecule has 0 atom stereocenters. The molecule has 0 radical (unpaired) electrons. The fourth-order valence-corrected chi connectivity index (χ4v) is 3.57. The molecule has 7 heteroatoms. The standard InChI is InChI=1S/C17H15FN6/c1-23-16-12(7-21-23)17(20-9-19-16)24-5-4-15-13(8-24)11-6-10(18)2-3-14(11)22-15/h2-3,6-7,9,22H,4-5,8H2,1H3. The van der Waals surface area contributed by atoms with Crippen molar-refractivity contribution in [3.8, 4) is 0 Å². The van der Waals surface area contributed by atoms with Gasteiger partial charge in [0, 0.05) is 48.7 Å². The summed E-state index contributed by atoms with van der Waals surface area (Å²) in [5.74, 6) is 0.669. The molecule has 0 bridgehead atoms. The molecule has 1 aliphatic heterocycles. The Kier molecular flexibility index (Phi) is 2.68. The van der Waals surface area contributed by atoms with Gasteiger partial charge in [-0.2, -0.15) is 5.10 Å². The predicted octanol–water partition coefficient (Wildman–Crippen LogP) is 2.55. The molecule has 0 aliphatic carbocycles. The molecule has 0 saturated heterocycles. The Morgan fingerprint density at radius 3 is 3.04 bits per heavy atom. The third kappa shape index (κ3) is 1.84. The lowest BCUT2D eigenvalue weighted by molar-refractivity contribution is 0.629. The van der Waals surface area contributed by atoms with Crippen LogP contribution >= 0.6 is 0 Å². The highest BCUT2D eigenvalue weighted by atomic mass is 19.1. The highest BCUT2D eigenvalue weighted by Crippen LogP contribution is 2.32. The fourth-order valence-electron chi connectivity index (χ4n) is 3.57. The van der Waals surface area contributed by atoms with Crippen molar-refractivity contribution in [1.29, 1.82) is 0 Å². The van der Waals surface area contributed by atoms with Crippen LogP contribution in [0.4, 0.5) is 10.2 Å². The van der Waals surface area contributed by atoms with Crippen LogP contribution in [0.15, 0.2) is 30.7 Å². The first-order valence-electron chi connectivity index (χ1n) is 7.87. The van der Waals surface area contributed by atoms with E-state index in [1.54, 1.807) is 29.3 Å². The Hall–Kier alpha value is -2.96. The predicted molar refractivity (Wildman–Crippen MR) is 89.3 cm³/mol. The molecular formula is C17H15FN6. The Balaban J connectivity index is 1.63. The minimum atomic E-state index is -0.210. The summed E-state index contributed by atoms with van der Waals surface area (Å²) in [6, 6.07) is 4.90. The van der Waals surface area contributed by atoms with Crippen LogP contribution in [0.5, 0.6) is 0 Å². The molecule has 0 amide bonds. The number of rotatable bonds is 1. The lowest BCUT2D eigenvalue weighted by atomic mass is 10.0. The summed E-state index contributed by atoms with van der Waals surface area (Å²) in [6.45, 7) is 1.54. The first-order chi connectivity index (χ1) is 11.7. The second-order valence-corrected chi connectivity index (χ2v) is 6.15. The van der Waals surface area contributed by atoms with Gasteiger partial charge in [-0.1, -0.05) is 0 Å². The van der Waals surface area contributed by atoms with Crippen molar-refractivity contribution in [2.24, 2.45) is 7.05 Å². The average Bonchev–Trinajstić information content (AvgIpc) is 3.15. The van der Waals surface area contributed by atoms with E-state index in [-0.39, 0.29) is 5.82 Å². The smallest absolute Gasteiger partial charge is 0.163 e. The van der Waals surface area contributed by atoms with E-state index in [2.05, 4.69) is 25.0 Å². The Labute approximate surface area is 136 Å². The van der Waals surface area contributed by atoms with E-state index < -0.39 is 0 Å². The molecule has 0 unspecified atom stereocenters. The summed E-state index contributed by atoms with van der Waals surface area (Å²) in [4.78, 5) is 14.4. The van der Waals surface area contributed by atoms with Gasteiger partial charge in [0.15, 0.2) is 5.65 Å². The van der Waals surface area contributed by atoms with Crippen LogP contribution < -0.4 is 4.90 Å². The second kappa shape index (κ2) is 4.77. The lowest BCUT2D eigenvalue weighted by Crippen LogP contribution is -2.31. The minimum Gasteiger partial charge on any atom is -0.358 e. The van der Waals surface area contributed by atoms with E-state index >= 15 is 0 Å². The van der Waals surface area contributed by atoms with Gasteiger partial charge < -0.3 is 9.88 Å². The van der Waals surface area contributed by atoms with E-state index in [0.717, 1.165) is 46.3 Å². The first-order valence-corrected chi connectivity index (χ1v) is 7.87. The topological polar surface area (TPSA) is 62.6 Å². The van der Waals surface area contributed by atoms with Crippen molar-refractivity contribution >= 4 is 27.8 Å². The van der Waals surface area contributed by atoms with Crippen molar-refractivity contribution in [2.75, 3.05) is 11.4 Å². The summed E-state index contributed by atoms with van der Waals surface area (Å²) in [6.07, 6.45) is 4.25. The van der Waals surface area contributed by atoms with Gasteiger partial charge in [0.2, 0.25) is 0 Å². The van der Waals surface area contributed by atoms with Crippen LogP contribution in [-0.2, 0) is 20.0 Å². The maximum atomic E-state index is 13.7. The molecule has 120 valence electrons. The molecule has 24 heavy (non-hydrogen) atoms. The zero-order valence-electron chi connectivity index (χ0n) is 13.1. The Bertz CT molecular complexity index is 1080. The van der Waals surface area contributed by atoms with Crippen LogP contribution in [0.3, 0.4) is 0 Å². The summed E-state index contributed by atoms with van der Waals surface area (Å²) in [7, 11) is 1.87. The van der Waals surface area contributed by atoms with E-state index in [1.165, 1.54) is 11.8 Å². The lowest BCUT2D eigenvalue weighted by Gasteiger charge is -2.28. The third-order valence-electron chi connectivity index (χ3n) is 4.75. The SMILES string of the molecule is Cn1ncc2c(N3CCc4[nH]c5ccc(F)cc5c4C3)ncnc21. The summed E-state index contributed by atoms with van der Waals surface area (Å²) in [5.41, 5.74) is 4.13. The summed E-state index contributed by atoms with van der Waals surface area (Å²) < 4.78 is 15.4. The molecule has 4 aromatic rings. The van der Waals surface area contributed by atoms with Gasteiger partial charge in [-0.3, -0.25) is 4.68 Å². The molecule has 0 spiro atoms. The van der Waals surface area contributed by atoms with Gasteiger partial charge >= 0.3 is 0 Å². The van der Waals surface area contributed by atoms with Crippen molar-refractivity contribution in [3.63, 3.8) is 0 Å². The highest BCUT2D eigenvalue weighted by molar-refractivity contribution is 5.88. The third-order valence-corrected chi connectivity index (χ3v) is 4.75. The Morgan fingerprint density at radius 2 is 2.12 bits per heavy atom. The van der Waals surface area contributed by atoms with Crippen molar-refractivity contribution < 1.29 is 4.39 Å². The normalized spacial score (nSPS) is 14.5. The van der Waals surface area contributed by atoms with E-state index in [0.29, 0.717) is 6.54 Å². The molecule has 1 aromatic carbocycles. The number of hydrogen-bond donors (Lipinski definition) is 1. The molecule has 4 heterocycles. The minimum absolute atomic E-state index is 0.210. The molecular weight excluding hydrogens is 307 g/mol. The number of aromatic nitrogens is 5. The maximum absolute atomic E-state index is 13.7. The molecule has 0 fully saturated rings. The molecule has 3 aromatic heterocycles. The number of hydrogen-bond acceptors (Lipinski definition) is 4. The van der Waals surface area contributed by atoms with Crippen LogP contribution in [0.2, 0.25) is 0 Å². The summed E-state index contributed by atoms with van der Waals surface area (Å²) >= 11 is 0. The monoisotopic (exact) mass is 322 g/mol. The highest BCUT2D eigenvalue weighted by Gasteiger charge is 2.23. The van der Waals surface area contributed by atoms with Crippen LogP contribution in [0.1, 0.15) is 11.3 Å². The number of nitrogens with zero attached hydrogens (tertiary/aromatic N) is 5. The van der Waals surface area contributed by atoms with Crippen molar-refractivity contribution in [2.45, 2.75) is 13.0 Å². The number of aromatic amines is 1.